The largest absolute Gasteiger partial charge is 0.344 e. The molecule has 0 saturated heterocycles. The van der Waals surface area contributed by atoms with E-state index in [1.807, 2.05) is 0 Å². The van der Waals surface area contributed by atoms with Crippen molar-refractivity contribution in [3.05, 3.63) is 62.0 Å². The molecule has 0 saturated carbocycles. The molecule has 146 valence electrons. The summed E-state index contributed by atoms with van der Waals surface area (Å²) >= 11 is 2.42. The van der Waals surface area contributed by atoms with Gasteiger partial charge in [-0.15, -0.1) is 11.3 Å². The molecule has 0 radical (unpaired) electrons. The number of nitrogens with one attached hydrogen (secondary N) is 1. The molecular weight excluding hydrogens is 406 g/mol. The molecule has 0 atom stereocenters. The zero-order chi connectivity index (χ0) is 20.4. The Morgan fingerprint density at radius 2 is 1.96 bits per heavy atom. The van der Waals surface area contributed by atoms with E-state index < -0.39 is 17.5 Å². The van der Waals surface area contributed by atoms with Gasteiger partial charge in [0.1, 0.15) is 4.88 Å². The normalized spacial score (nSPS) is 10.8. The van der Waals surface area contributed by atoms with Gasteiger partial charge in [0.15, 0.2) is 11.6 Å². The molecule has 0 bridgehead atoms. The highest BCUT2D eigenvalue weighted by atomic mass is 32.1. The van der Waals surface area contributed by atoms with Crippen LogP contribution in [0.25, 0.3) is 0 Å². The molecule has 0 spiro atoms. The van der Waals surface area contributed by atoms with Gasteiger partial charge in [0, 0.05) is 37.1 Å². The molecule has 0 aliphatic carbocycles. The number of thiazole rings is 1. The van der Waals surface area contributed by atoms with Crippen molar-refractivity contribution < 1.29 is 18.4 Å². The van der Waals surface area contributed by atoms with Crippen molar-refractivity contribution in [3.8, 4) is 0 Å². The average molecular weight is 422 g/mol. The minimum Gasteiger partial charge on any atom is -0.344 e. The van der Waals surface area contributed by atoms with E-state index in [1.54, 1.807) is 21.0 Å². The molecule has 0 aliphatic rings. The summed E-state index contributed by atoms with van der Waals surface area (Å²) in [5.74, 6) is -2.63. The first-order chi connectivity index (χ1) is 13.3. The second-order valence-corrected chi connectivity index (χ2v) is 8.12. The molecule has 2 amide bonds. The van der Waals surface area contributed by atoms with Gasteiger partial charge >= 0.3 is 0 Å². The lowest BCUT2D eigenvalue weighted by molar-refractivity contribution is 0.0831. The first-order valence-corrected chi connectivity index (χ1v) is 9.73. The van der Waals surface area contributed by atoms with Gasteiger partial charge in [-0.2, -0.15) is 4.37 Å². The monoisotopic (exact) mass is 422 g/mol. The van der Waals surface area contributed by atoms with Crippen LogP contribution in [0.4, 0.5) is 14.5 Å². The third-order valence-electron chi connectivity index (χ3n) is 3.82. The van der Waals surface area contributed by atoms with E-state index >= 15 is 0 Å². The van der Waals surface area contributed by atoms with Crippen LogP contribution in [0.2, 0.25) is 0 Å². The molecule has 3 aromatic rings. The van der Waals surface area contributed by atoms with E-state index in [0.717, 1.165) is 12.1 Å². The second kappa shape index (κ2) is 8.11. The zero-order valence-corrected chi connectivity index (χ0v) is 16.9. The second-order valence-electron chi connectivity index (χ2n) is 6.14. The number of rotatable bonds is 5. The summed E-state index contributed by atoms with van der Waals surface area (Å²) in [6, 6.07) is 3.15. The maximum atomic E-state index is 13.4. The topological polar surface area (TPSA) is 75.2 Å². The summed E-state index contributed by atoms with van der Waals surface area (Å²) in [7, 11) is 3.32. The number of amides is 2. The lowest BCUT2D eigenvalue weighted by Crippen LogP contribution is -2.20. The Labute approximate surface area is 168 Å². The molecule has 2 heterocycles. The van der Waals surface area contributed by atoms with Gasteiger partial charge in [0.25, 0.3) is 11.8 Å². The van der Waals surface area contributed by atoms with E-state index in [2.05, 4.69) is 14.7 Å². The highest BCUT2D eigenvalue weighted by Gasteiger charge is 2.21. The van der Waals surface area contributed by atoms with Crippen molar-refractivity contribution in [3.63, 3.8) is 0 Å². The number of carbonyl (C=O) groups excluding carboxylic acids is 2. The number of nitrogens with zero attached hydrogens (tertiary/aromatic N) is 3. The van der Waals surface area contributed by atoms with Gasteiger partial charge in [-0.3, -0.25) is 9.59 Å². The van der Waals surface area contributed by atoms with Crippen molar-refractivity contribution in [2.45, 2.75) is 13.3 Å². The fourth-order valence-electron chi connectivity index (χ4n) is 2.44. The van der Waals surface area contributed by atoms with Crippen molar-refractivity contribution in [1.29, 1.82) is 0 Å². The maximum Gasteiger partial charge on any atom is 0.265 e. The summed E-state index contributed by atoms with van der Waals surface area (Å²) in [5, 5.41) is 3.24. The van der Waals surface area contributed by atoms with E-state index in [4.69, 9.17) is 0 Å². The van der Waals surface area contributed by atoms with E-state index in [-0.39, 0.29) is 11.6 Å². The Morgan fingerprint density at radius 1 is 1.21 bits per heavy atom. The molecule has 28 heavy (non-hydrogen) atoms. The molecule has 2 aromatic heterocycles. The molecule has 1 aromatic carbocycles. The van der Waals surface area contributed by atoms with Crippen molar-refractivity contribution in [1.82, 2.24) is 14.3 Å². The smallest absolute Gasteiger partial charge is 0.265 e. The van der Waals surface area contributed by atoms with Gasteiger partial charge in [-0.05, 0) is 30.6 Å². The maximum absolute atomic E-state index is 13.4. The SMILES string of the molecule is Cc1nsc(Cc2ncc(C(=O)N(C)C)s2)c1C(=O)Nc1ccc(F)c(F)c1. The predicted molar refractivity (Wildman–Crippen MR) is 104 cm³/mol. The van der Waals surface area contributed by atoms with Gasteiger partial charge in [-0.1, -0.05) is 0 Å². The molecule has 0 aliphatic heterocycles. The molecule has 6 nitrogen and oxygen atoms in total. The van der Waals surface area contributed by atoms with Crippen LogP contribution in [0.3, 0.4) is 0 Å². The number of aryl methyl sites for hydroxylation is 1. The number of carbonyl (C=O) groups is 2. The van der Waals surface area contributed by atoms with Crippen LogP contribution in [0.15, 0.2) is 24.4 Å². The molecule has 10 heteroatoms. The summed E-state index contributed by atoms with van der Waals surface area (Å²) in [6.45, 7) is 1.70. The Hall–Kier alpha value is -2.72. The summed E-state index contributed by atoms with van der Waals surface area (Å²) in [4.78, 5) is 31.6. The standard InChI is InChI=1S/C18H16F2N4O2S2/c1-9-16(17(25)22-10-4-5-11(19)12(20)6-10)13(28-23-9)7-15-21-8-14(27-15)18(26)24(2)3/h4-6,8H,7H2,1-3H3,(H,22,25). The molecule has 1 N–H and O–H groups in total. The first kappa shape index (κ1) is 20.0. The molecule has 3 rings (SSSR count). The Balaban J connectivity index is 1.80. The Morgan fingerprint density at radius 3 is 2.64 bits per heavy atom. The van der Waals surface area contributed by atoms with Gasteiger partial charge in [-0.25, -0.2) is 13.8 Å². The van der Waals surface area contributed by atoms with Gasteiger partial charge in [0.2, 0.25) is 0 Å². The van der Waals surface area contributed by atoms with E-state index in [1.165, 1.54) is 40.0 Å². The van der Waals surface area contributed by atoms with Crippen LogP contribution in [0.1, 0.15) is 35.6 Å². The summed E-state index contributed by atoms with van der Waals surface area (Å²) in [6.07, 6.45) is 1.86. The number of benzene rings is 1. The number of halogens is 2. The predicted octanol–water partition coefficient (Wildman–Crippen LogP) is 3.73. The van der Waals surface area contributed by atoms with Gasteiger partial charge in [0.05, 0.1) is 22.5 Å². The van der Waals surface area contributed by atoms with Crippen molar-refractivity contribution in [2.75, 3.05) is 19.4 Å². The lowest BCUT2D eigenvalue weighted by Gasteiger charge is -2.07. The molecular formula is C18H16F2N4O2S2. The highest BCUT2D eigenvalue weighted by molar-refractivity contribution is 7.13. The van der Waals surface area contributed by atoms with E-state index in [0.29, 0.717) is 32.4 Å². The first-order valence-electron chi connectivity index (χ1n) is 8.14. The number of aromatic nitrogens is 2. The molecule has 0 fully saturated rings. The fraction of sp³-hybridized carbons (Fsp3) is 0.222. The fourth-order valence-corrected chi connectivity index (χ4v) is 4.36. The minimum absolute atomic E-state index is 0.138. The Bertz CT molecular complexity index is 1050. The van der Waals surface area contributed by atoms with Crippen LogP contribution in [0.5, 0.6) is 0 Å². The zero-order valence-electron chi connectivity index (χ0n) is 15.2. The van der Waals surface area contributed by atoms with Crippen LogP contribution < -0.4 is 5.32 Å². The van der Waals surface area contributed by atoms with Crippen LogP contribution in [-0.2, 0) is 6.42 Å². The number of anilines is 1. The Kier molecular flexibility index (Phi) is 5.80. The number of hydrogen-bond donors (Lipinski definition) is 1. The van der Waals surface area contributed by atoms with Gasteiger partial charge < -0.3 is 10.2 Å². The number of hydrogen-bond acceptors (Lipinski definition) is 6. The molecule has 0 unspecified atom stereocenters. The summed E-state index contributed by atoms with van der Waals surface area (Å²) in [5.41, 5.74) is 1.04. The lowest BCUT2D eigenvalue weighted by atomic mass is 10.1. The quantitative estimate of drug-likeness (QED) is 0.680. The summed E-state index contributed by atoms with van der Waals surface area (Å²) < 4.78 is 30.7. The third-order valence-corrected chi connectivity index (χ3v) is 5.74. The highest BCUT2D eigenvalue weighted by Crippen LogP contribution is 2.26. The van der Waals surface area contributed by atoms with Crippen LogP contribution in [0, 0.1) is 18.6 Å². The van der Waals surface area contributed by atoms with Crippen molar-refractivity contribution in [2.24, 2.45) is 0 Å². The average Bonchev–Trinajstić information content (AvgIpc) is 3.24. The third kappa shape index (κ3) is 4.23. The van der Waals surface area contributed by atoms with Crippen molar-refractivity contribution >= 4 is 40.4 Å². The van der Waals surface area contributed by atoms with Crippen LogP contribution in [-0.4, -0.2) is 40.2 Å². The minimum atomic E-state index is -1.04. The van der Waals surface area contributed by atoms with Crippen LogP contribution >= 0.6 is 22.9 Å². The van der Waals surface area contributed by atoms with E-state index in [9.17, 15) is 18.4 Å².